The minimum atomic E-state index is -0.669. The third-order valence-electron chi connectivity index (χ3n) is 2.18. The highest BCUT2D eigenvalue weighted by Gasteiger charge is 2.24. The van der Waals surface area contributed by atoms with Crippen molar-refractivity contribution in [1.29, 1.82) is 0 Å². The van der Waals surface area contributed by atoms with Crippen molar-refractivity contribution in [3.63, 3.8) is 0 Å². The third kappa shape index (κ3) is 3.37. The van der Waals surface area contributed by atoms with Crippen molar-refractivity contribution in [2.24, 2.45) is 0 Å². The first kappa shape index (κ1) is 13.9. The van der Waals surface area contributed by atoms with Crippen LogP contribution in [0.2, 0.25) is 0 Å². The maximum absolute atomic E-state index is 10.9. The van der Waals surface area contributed by atoms with Crippen molar-refractivity contribution < 1.29 is 10.0 Å². The van der Waals surface area contributed by atoms with Crippen molar-refractivity contribution in [1.82, 2.24) is 4.98 Å². The number of aliphatic hydroxyl groups excluding tert-OH is 1. The molecule has 0 unspecified atom stereocenters. The van der Waals surface area contributed by atoms with Crippen LogP contribution >= 0.6 is 15.9 Å². The van der Waals surface area contributed by atoms with Gasteiger partial charge in [-0.2, -0.15) is 0 Å². The second-order valence-corrected chi connectivity index (χ2v) is 5.20. The summed E-state index contributed by atoms with van der Waals surface area (Å²) in [6.07, 6.45) is 0. The lowest BCUT2D eigenvalue weighted by atomic mass is 10.1. The van der Waals surface area contributed by atoms with Gasteiger partial charge >= 0.3 is 5.69 Å². The number of aromatic nitrogens is 1. The molecule has 7 heteroatoms. The molecule has 0 saturated carbocycles. The van der Waals surface area contributed by atoms with Gasteiger partial charge in [0, 0.05) is 10.5 Å². The number of pyridine rings is 1. The molecule has 2 N–H and O–H groups in total. The fourth-order valence-corrected chi connectivity index (χ4v) is 1.47. The van der Waals surface area contributed by atoms with E-state index < -0.39 is 10.5 Å². The van der Waals surface area contributed by atoms with E-state index in [0.29, 0.717) is 10.2 Å². The first-order valence-electron chi connectivity index (χ1n) is 4.97. The van der Waals surface area contributed by atoms with Crippen LogP contribution in [0.25, 0.3) is 0 Å². The van der Waals surface area contributed by atoms with Gasteiger partial charge in [0.05, 0.1) is 22.8 Å². The average molecular weight is 304 g/mol. The molecule has 1 heterocycles. The molecule has 0 radical (unpaired) electrons. The SMILES string of the molecule is Cc1nc(NC(C)(C)CO)c([N+](=O)[O-])cc1Br. The second kappa shape index (κ2) is 4.97. The molecule has 1 aromatic heterocycles. The summed E-state index contributed by atoms with van der Waals surface area (Å²) in [6.45, 7) is 5.05. The van der Waals surface area contributed by atoms with E-state index in [1.165, 1.54) is 6.07 Å². The highest BCUT2D eigenvalue weighted by Crippen LogP contribution is 2.29. The van der Waals surface area contributed by atoms with Gasteiger partial charge in [-0.3, -0.25) is 10.1 Å². The van der Waals surface area contributed by atoms with Crippen LogP contribution in [0, 0.1) is 17.0 Å². The molecular weight excluding hydrogens is 290 g/mol. The molecule has 17 heavy (non-hydrogen) atoms. The van der Waals surface area contributed by atoms with Gasteiger partial charge in [-0.1, -0.05) is 0 Å². The molecule has 0 aliphatic carbocycles. The Balaban J connectivity index is 3.22. The number of hydrogen-bond donors (Lipinski definition) is 2. The van der Waals surface area contributed by atoms with Gasteiger partial charge in [-0.25, -0.2) is 4.98 Å². The fraction of sp³-hybridized carbons (Fsp3) is 0.500. The molecule has 0 spiro atoms. The number of rotatable bonds is 4. The molecule has 0 fully saturated rings. The predicted octanol–water partition coefficient (Wildman–Crippen LogP) is 2.24. The highest BCUT2D eigenvalue weighted by atomic mass is 79.9. The quantitative estimate of drug-likeness (QED) is 0.658. The number of nitrogens with one attached hydrogen (secondary N) is 1. The third-order valence-corrected chi connectivity index (χ3v) is 2.98. The summed E-state index contributed by atoms with van der Waals surface area (Å²) < 4.78 is 0.580. The van der Waals surface area contributed by atoms with Crippen LogP contribution in [-0.4, -0.2) is 27.2 Å². The average Bonchev–Trinajstić information content (AvgIpc) is 2.22. The van der Waals surface area contributed by atoms with Crippen LogP contribution in [0.15, 0.2) is 10.5 Å². The standard InChI is InChI=1S/C10H14BrN3O3/c1-6-7(11)4-8(14(16)17)9(12-6)13-10(2,3)5-15/h4,15H,5H2,1-3H3,(H,12,13). The van der Waals surface area contributed by atoms with Crippen molar-refractivity contribution in [3.05, 3.63) is 26.3 Å². The topological polar surface area (TPSA) is 88.3 Å². The Hall–Kier alpha value is -1.21. The van der Waals surface area contributed by atoms with Crippen molar-refractivity contribution >= 4 is 27.4 Å². The van der Waals surface area contributed by atoms with E-state index in [1.807, 2.05) is 0 Å². The van der Waals surface area contributed by atoms with Crippen molar-refractivity contribution in [2.45, 2.75) is 26.3 Å². The molecular formula is C10H14BrN3O3. The number of aliphatic hydroxyl groups is 1. The van der Waals surface area contributed by atoms with Gasteiger partial charge in [0.25, 0.3) is 0 Å². The van der Waals surface area contributed by atoms with Gasteiger partial charge in [0.1, 0.15) is 0 Å². The van der Waals surface area contributed by atoms with Crippen LogP contribution in [0.3, 0.4) is 0 Å². The number of halogens is 1. The van der Waals surface area contributed by atoms with Crippen molar-refractivity contribution in [3.8, 4) is 0 Å². The summed E-state index contributed by atoms with van der Waals surface area (Å²) in [5.41, 5.74) is -0.145. The first-order chi connectivity index (χ1) is 7.76. The van der Waals surface area contributed by atoms with E-state index in [-0.39, 0.29) is 18.1 Å². The molecule has 1 rings (SSSR count). The lowest BCUT2D eigenvalue weighted by Gasteiger charge is -2.24. The molecule has 0 amide bonds. The van der Waals surface area contributed by atoms with Crippen molar-refractivity contribution in [2.75, 3.05) is 11.9 Å². The number of anilines is 1. The van der Waals surface area contributed by atoms with E-state index in [2.05, 4.69) is 26.2 Å². The normalized spacial score (nSPS) is 11.4. The summed E-state index contributed by atoms with van der Waals surface area (Å²) in [5.74, 6) is 0.162. The van der Waals surface area contributed by atoms with Crippen LogP contribution in [0.4, 0.5) is 11.5 Å². The molecule has 94 valence electrons. The Labute approximate surface area is 107 Å². The zero-order valence-electron chi connectivity index (χ0n) is 9.82. The summed E-state index contributed by atoms with van der Waals surface area (Å²) in [5, 5.41) is 22.9. The molecule has 0 atom stereocenters. The minimum absolute atomic E-state index is 0.121. The largest absolute Gasteiger partial charge is 0.394 e. The number of aryl methyl sites for hydroxylation is 1. The lowest BCUT2D eigenvalue weighted by molar-refractivity contribution is -0.384. The minimum Gasteiger partial charge on any atom is -0.394 e. The van der Waals surface area contributed by atoms with E-state index >= 15 is 0 Å². The summed E-state index contributed by atoms with van der Waals surface area (Å²) in [4.78, 5) is 14.5. The van der Waals surface area contributed by atoms with E-state index in [4.69, 9.17) is 5.11 Å². The maximum atomic E-state index is 10.9. The molecule has 6 nitrogen and oxygen atoms in total. The van der Waals surface area contributed by atoms with E-state index in [0.717, 1.165) is 0 Å². The number of nitro groups is 1. The van der Waals surface area contributed by atoms with Crippen LogP contribution in [0.5, 0.6) is 0 Å². The maximum Gasteiger partial charge on any atom is 0.312 e. The Morgan fingerprint density at radius 1 is 1.65 bits per heavy atom. The van der Waals surface area contributed by atoms with Gasteiger partial charge in [0.15, 0.2) is 0 Å². The highest BCUT2D eigenvalue weighted by molar-refractivity contribution is 9.10. The predicted molar refractivity (Wildman–Crippen MR) is 68.1 cm³/mol. The first-order valence-corrected chi connectivity index (χ1v) is 5.77. The zero-order chi connectivity index (χ0) is 13.2. The lowest BCUT2D eigenvalue weighted by Crippen LogP contribution is -2.35. The monoisotopic (exact) mass is 303 g/mol. The summed E-state index contributed by atoms with van der Waals surface area (Å²) in [6, 6.07) is 1.40. The van der Waals surface area contributed by atoms with Crippen LogP contribution in [-0.2, 0) is 0 Å². The van der Waals surface area contributed by atoms with Gasteiger partial charge in [0.2, 0.25) is 5.82 Å². The molecule has 0 aliphatic heterocycles. The Kier molecular flexibility index (Phi) is 4.05. The molecule has 1 aromatic rings. The van der Waals surface area contributed by atoms with E-state index in [9.17, 15) is 10.1 Å². The molecule has 0 bridgehead atoms. The van der Waals surface area contributed by atoms with Gasteiger partial charge in [-0.05, 0) is 36.7 Å². The van der Waals surface area contributed by atoms with E-state index in [1.54, 1.807) is 20.8 Å². The van der Waals surface area contributed by atoms with Crippen LogP contribution in [0.1, 0.15) is 19.5 Å². The second-order valence-electron chi connectivity index (χ2n) is 4.35. The molecule has 0 aromatic carbocycles. The summed E-state index contributed by atoms with van der Waals surface area (Å²) in [7, 11) is 0. The Bertz CT molecular complexity index is 449. The Morgan fingerprint density at radius 2 is 2.24 bits per heavy atom. The smallest absolute Gasteiger partial charge is 0.312 e. The fourth-order valence-electron chi connectivity index (χ4n) is 1.16. The van der Waals surface area contributed by atoms with Gasteiger partial charge in [-0.15, -0.1) is 0 Å². The summed E-state index contributed by atoms with van der Waals surface area (Å²) >= 11 is 3.20. The number of hydrogen-bond acceptors (Lipinski definition) is 5. The Morgan fingerprint density at radius 3 is 2.71 bits per heavy atom. The molecule has 0 aliphatic rings. The number of nitrogens with zero attached hydrogens (tertiary/aromatic N) is 2. The van der Waals surface area contributed by atoms with Crippen LogP contribution < -0.4 is 5.32 Å². The van der Waals surface area contributed by atoms with Gasteiger partial charge < -0.3 is 10.4 Å². The zero-order valence-corrected chi connectivity index (χ0v) is 11.4. The molecule has 0 saturated heterocycles.